The smallest absolute Gasteiger partial charge is 0.247 e. The normalized spacial score (nSPS) is 22.1. The van der Waals surface area contributed by atoms with Crippen LogP contribution in [0.15, 0.2) is 59.7 Å². The lowest BCUT2D eigenvalue weighted by Crippen LogP contribution is -2.35. The molecule has 0 radical (unpaired) electrons. The van der Waals surface area contributed by atoms with Crippen LogP contribution in [0, 0.1) is 34.4 Å². The van der Waals surface area contributed by atoms with E-state index in [4.69, 9.17) is 17.2 Å². The number of allylic oxidation sites excluding steroid dienone is 5. The van der Waals surface area contributed by atoms with E-state index in [2.05, 4.69) is 11.4 Å². The highest BCUT2D eigenvalue weighted by molar-refractivity contribution is 5.90. The molecular weight excluding hydrogens is 471 g/mol. The number of nitrogens with one attached hydrogen (secondary N) is 1. The number of hydrogen-bond donors (Lipinski definition) is 4. The minimum Gasteiger partial charge on any atom is -0.404 e. The molecule has 2 unspecified atom stereocenters. The SMILES string of the molecule is C/C(N)=C/C(=C\N)c1cc(F)cc(CNC(=O)C(C)/C=C(\C=C(\C)N)N2CCC(C#N)(C3CC3)C2=O)c1. The van der Waals surface area contributed by atoms with Crippen LogP contribution < -0.4 is 22.5 Å². The van der Waals surface area contributed by atoms with E-state index in [9.17, 15) is 19.2 Å². The Morgan fingerprint density at radius 1 is 1.27 bits per heavy atom. The molecular formula is C28H35FN6O2. The van der Waals surface area contributed by atoms with E-state index in [0.717, 1.165) is 12.8 Å². The predicted octanol–water partition coefficient (Wildman–Crippen LogP) is 3.14. The van der Waals surface area contributed by atoms with Crippen LogP contribution in [0.4, 0.5) is 4.39 Å². The topological polar surface area (TPSA) is 151 Å². The molecule has 1 heterocycles. The summed E-state index contributed by atoms with van der Waals surface area (Å²) in [6.07, 6.45) is 8.52. The summed E-state index contributed by atoms with van der Waals surface area (Å²) in [6.45, 7) is 5.59. The van der Waals surface area contributed by atoms with Gasteiger partial charge in [0.25, 0.3) is 0 Å². The van der Waals surface area contributed by atoms with Crippen molar-refractivity contribution in [3.05, 3.63) is 76.7 Å². The fraction of sp³-hybridized carbons (Fsp3) is 0.393. The zero-order chi connectivity index (χ0) is 27.3. The molecule has 3 rings (SSSR count). The summed E-state index contributed by atoms with van der Waals surface area (Å²) in [7, 11) is 0. The highest BCUT2D eigenvalue weighted by atomic mass is 19.1. The molecule has 1 aromatic carbocycles. The van der Waals surface area contributed by atoms with Gasteiger partial charge in [-0.25, -0.2) is 4.39 Å². The first-order chi connectivity index (χ1) is 17.5. The molecule has 2 fully saturated rings. The number of amides is 2. The lowest BCUT2D eigenvalue weighted by molar-refractivity contribution is -0.132. The van der Waals surface area contributed by atoms with Gasteiger partial charge in [-0.15, -0.1) is 0 Å². The number of carbonyl (C=O) groups excluding carboxylic acids is 2. The summed E-state index contributed by atoms with van der Waals surface area (Å²) in [5.74, 6) is -1.53. The number of benzene rings is 1. The second kappa shape index (κ2) is 11.3. The Kier molecular flexibility index (Phi) is 8.43. The summed E-state index contributed by atoms with van der Waals surface area (Å²) in [6, 6.07) is 6.69. The van der Waals surface area contributed by atoms with Gasteiger partial charge in [0.05, 0.1) is 12.0 Å². The van der Waals surface area contributed by atoms with Crippen LogP contribution in [-0.4, -0.2) is 23.3 Å². The van der Waals surface area contributed by atoms with E-state index < -0.39 is 17.2 Å². The van der Waals surface area contributed by atoms with Crippen molar-refractivity contribution in [2.45, 2.75) is 46.6 Å². The third-order valence-electron chi connectivity index (χ3n) is 6.67. The number of hydrogen-bond acceptors (Lipinski definition) is 6. The van der Waals surface area contributed by atoms with Gasteiger partial charge >= 0.3 is 0 Å². The third-order valence-corrected chi connectivity index (χ3v) is 6.67. The molecule has 1 saturated heterocycles. The summed E-state index contributed by atoms with van der Waals surface area (Å²) < 4.78 is 14.3. The number of nitriles is 1. The van der Waals surface area contributed by atoms with Crippen molar-refractivity contribution in [1.82, 2.24) is 10.2 Å². The number of nitrogens with zero attached hydrogens (tertiary/aromatic N) is 2. The van der Waals surface area contributed by atoms with Crippen molar-refractivity contribution in [1.29, 1.82) is 5.26 Å². The molecule has 1 aliphatic carbocycles. The molecule has 1 aromatic rings. The van der Waals surface area contributed by atoms with Gasteiger partial charge in [0, 0.05) is 36.4 Å². The van der Waals surface area contributed by atoms with Gasteiger partial charge in [0.1, 0.15) is 11.2 Å². The Labute approximate surface area is 217 Å². The van der Waals surface area contributed by atoms with Crippen LogP contribution in [0.1, 0.15) is 51.2 Å². The highest BCUT2D eigenvalue weighted by Crippen LogP contribution is 2.51. The van der Waals surface area contributed by atoms with Gasteiger partial charge in [0.2, 0.25) is 11.8 Å². The zero-order valence-electron chi connectivity index (χ0n) is 21.6. The van der Waals surface area contributed by atoms with Crippen molar-refractivity contribution in [3.8, 4) is 6.07 Å². The molecule has 37 heavy (non-hydrogen) atoms. The lowest BCUT2D eigenvalue weighted by atomic mass is 9.83. The Morgan fingerprint density at radius 2 is 1.95 bits per heavy atom. The van der Waals surface area contributed by atoms with Crippen LogP contribution in [0.3, 0.4) is 0 Å². The summed E-state index contributed by atoms with van der Waals surface area (Å²) in [5.41, 5.74) is 19.5. The molecule has 9 heteroatoms. The third kappa shape index (κ3) is 6.39. The van der Waals surface area contributed by atoms with Gasteiger partial charge < -0.3 is 27.4 Å². The van der Waals surface area contributed by atoms with E-state index in [1.165, 1.54) is 18.3 Å². The molecule has 0 bridgehead atoms. The maximum Gasteiger partial charge on any atom is 0.247 e. The fourth-order valence-electron chi connectivity index (χ4n) is 4.66. The van der Waals surface area contributed by atoms with Crippen LogP contribution in [0.25, 0.3) is 5.57 Å². The fourth-order valence-corrected chi connectivity index (χ4v) is 4.66. The zero-order valence-corrected chi connectivity index (χ0v) is 21.6. The second-order valence-corrected chi connectivity index (χ2v) is 9.91. The Morgan fingerprint density at radius 3 is 2.51 bits per heavy atom. The number of rotatable bonds is 9. The second-order valence-electron chi connectivity index (χ2n) is 9.91. The minimum atomic E-state index is -0.996. The van der Waals surface area contributed by atoms with Crippen LogP contribution in [-0.2, 0) is 16.1 Å². The van der Waals surface area contributed by atoms with Gasteiger partial charge in [-0.1, -0.05) is 6.92 Å². The average molecular weight is 507 g/mol. The maximum absolute atomic E-state index is 14.3. The Balaban J connectivity index is 1.76. The van der Waals surface area contributed by atoms with Crippen molar-refractivity contribution in [3.63, 3.8) is 0 Å². The lowest BCUT2D eigenvalue weighted by Gasteiger charge is -2.23. The van der Waals surface area contributed by atoms with Gasteiger partial charge in [-0.05, 0) is 92.2 Å². The van der Waals surface area contributed by atoms with Crippen molar-refractivity contribution in [2.75, 3.05) is 6.54 Å². The van der Waals surface area contributed by atoms with Crippen LogP contribution in [0.2, 0.25) is 0 Å². The highest BCUT2D eigenvalue weighted by Gasteiger charge is 2.56. The number of halogens is 1. The van der Waals surface area contributed by atoms with E-state index >= 15 is 0 Å². The van der Waals surface area contributed by atoms with E-state index in [0.29, 0.717) is 46.8 Å². The largest absolute Gasteiger partial charge is 0.404 e. The van der Waals surface area contributed by atoms with E-state index in [1.54, 1.807) is 50.0 Å². The molecule has 196 valence electrons. The quantitative estimate of drug-likeness (QED) is 0.378. The Hall–Kier alpha value is -4.06. The molecule has 2 aliphatic rings. The van der Waals surface area contributed by atoms with Crippen LogP contribution >= 0.6 is 0 Å². The first-order valence-electron chi connectivity index (χ1n) is 12.3. The standard InChI is InChI=1S/C28H35FN6O2/c1-17(8-25(10-19(3)33)35-7-6-28(16-31,27(35)37)23-4-5-23)26(36)34-15-20-11-21(13-24(29)12-20)22(14-30)9-18(2)32/h8-14,17,23H,4-7,15,30,32-33H2,1-3H3,(H,34,36)/b18-9-,19-10-,22-14+,25-8+. The molecule has 2 amide bonds. The van der Waals surface area contributed by atoms with Crippen molar-refractivity contribution in [2.24, 2.45) is 34.5 Å². The first-order valence-corrected chi connectivity index (χ1v) is 12.3. The molecule has 1 saturated carbocycles. The average Bonchev–Trinajstić information content (AvgIpc) is 3.63. The van der Waals surface area contributed by atoms with E-state index in [1.807, 2.05) is 0 Å². The molecule has 2 atom stereocenters. The summed E-state index contributed by atoms with van der Waals surface area (Å²) in [5, 5.41) is 12.6. The Bertz CT molecular complexity index is 1230. The van der Waals surface area contributed by atoms with Gasteiger partial charge in [-0.3, -0.25) is 9.59 Å². The summed E-state index contributed by atoms with van der Waals surface area (Å²) >= 11 is 0. The molecule has 0 aromatic heterocycles. The van der Waals surface area contributed by atoms with E-state index in [-0.39, 0.29) is 24.3 Å². The minimum absolute atomic E-state index is 0.0912. The molecule has 0 spiro atoms. The van der Waals surface area contributed by atoms with Gasteiger partial charge in [-0.2, -0.15) is 5.26 Å². The van der Waals surface area contributed by atoms with Gasteiger partial charge in [0.15, 0.2) is 0 Å². The number of carbonyl (C=O) groups is 2. The van der Waals surface area contributed by atoms with Crippen molar-refractivity contribution < 1.29 is 14.0 Å². The monoisotopic (exact) mass is 506 g/mol. The number of nitrogens with two attached hydrogens (primary N) is 3. The summed E-state index contributed by atoms with van der Waals surface area (Å²) in [4.78, 5) is 27.8. The van der Waals surface area contributed by atoms with Crippen LogP contribution in [0.5, 0.6) is 0 Å². The molecule has 8 nitrogen and oxygen atoms in total. The molecule has 1 aliphatic heterocycles. The predicted molar refractivity (Wildman–Crippen MR) is 141 cm³/mol. The number of likely N-dealkylation sites (tertiary alicyclic amines) is 1. The molecule has 7 N–H and O–H groups in total. The first kappa shape index (κ1) is 27.5. The maximum atomic E-state index is 14.3. The van der Waals surface area contributed by atoms with Crippen molar-refractivity contribution >= 4 is 17.4 Å².